The predicted octanol–water partition coefficient (Wildman–Crippen LogP) is 4.13. The van der Waals surface area contributed by atoms with Gasteiger partial charge in [-0.1, -0.05) is 6.92 Å². The minimum atomic E-state index is -4.32. The zero-order chi connectivity index (χ0) is 12.6. The van der Waals surface area contributed by atoms with Crippen LogP contribution >= 0.6 is 12.2 Å². The van der Waals surface area contributed by atoms with Crippen LogP contribution in [0.15, 0.2) is 18.2 Å². The van der Waals surface area contributed by atoms with Crippen LogP contribution in [0.3, 0.4) is 0 Å². The van der Waals surface area contributed by atoms with E-state index in [2.05, 4.69) is 4.98 Å². The van der Waals surface area contributed by atoms with Crippen molar-refractivity contribution < 1.29 is 13.2 Å². The molecule has 17 heavy (non-hydrogen) atoms. The van der Waals surface area contributed by atoms with Gasteiger partial charge in [0.25, 0.3) is 0 Å². The number of imidazole rings is 1. The fraction of sp³-hybridized carbons (Fsp3) is 0.364. The lowest BCUT2D eigenvalue weighted by molar-refractivity contribution is -0.137. The summed E-state index contributed by atoms with van der Waals surface area (Å²) in [4.78, 5) is 2.80. The lowest BCUT2D eigenvalue weighted by atomic mass is 10.2. The molecule has 0 amide bonds. The van der Waals surface area contributed by atoms with Crippen LogP contribution in [0.5, 0.6) is 0 Å². The molecular weight excluding hydrogens is 249 g/mol. The molecular formula is C11H11F3N2S. The van der Waals surface area contributed by atoms with Crippen molar-refractivity contribution in [2.75, 3.05) is 0 Å². The van der Waals surface area contributed by atoms with Gasteiger partial charge in [0.2, 0.25) is 0 Å². The van der Waals surface area contributed by atoms with Gasteiger partial charge in [0.1, 0.15) is 0 Å². The maximum atomic E-state index is 12.5. The number of hydrogen-bond donors (Lipinski definition) is 1. The van der Waals surface area contributed by atoms with Crippen molar-refractivity contribution in [1.29, 1.82) is 0 Å². The van der Waals surface area contributed by atoms with Crippen molar-refractivity contribution >= 4 is 23.3 Å². The largest absolute Gasteiger partial charge is 0.416 e. The quantitative estimate of drug-likeness (QED) is 0.805. The van der Waals surface area contributed by atoms with Crippen molar-refractivity contribution in [1.82, 2.24) is 9.55 Å². The fourth-order valence-corrected chi connectivity index (χ4v) is 2.09. The summed E-state index contributed by atoms with van der Waals surface area (Å²) in [5, 5.41) is 0. The molecule has 0 radical (unpaired) electrons. The molecule has 1 heterocycles. The molecule has 1 aromatic heterocycles. The molecule has 0 fully saturated rings. The second-order valence-corrected chi connectivity index (χ2v) is 4.20. The van der Waals surface area contributed by atoms with Crippen LogP contribution < -0.4 is 0 Å². The molecule has 0 spiro atoms. The van der Waals surface area contributed by atoms with Gasteiger partial charge < -0.3 is 9.55 Å². The summed E-state index contributed by atoms with van der Waals surface area (Å²) in [6, 6.07) is 3.63. The van der Waals surface area contributed by atoms with E-state index in [1.165, 1.54) is 6.07 Å². The zero-order valence-electron chi connectivity index (χ0n) is 9.14. The van der Waals surface area contributed by atoms with E-state index in [1.807, 2.05) is 11.5 Å². The Morgan fingerprint density at radius 3 is 2.65 bits per heavy atom. The summed E-state index contributed by atoms with van der Waals surface area (Å²) in [6.07, 6.45) is -3.45. The highest BCUT2D eigenvalue weighted by atomic mass is 32.1. The normalized spacial score (nSPS) is 12.2. The SMILES string of the molecule is CCCn1c(=S)[nH]c2cc(C(F)(F)F)ccc21. The van der Waals surface area contributed by atoms with Gasteiger partial charge in [-0.05, 0) is 36.8 Å². The van der Waals surface area contributed by atoms with Gasteiger partial charge in [0.05, 0.1) is 16.6 Å². The standard InChI is InChI=1S/C11H11F3N2S/c1-2-5-16-9-4-3-7(11(12,13)14)6-8(9)15-10(16)17/h3-4,6H,2,5H2,1H3,(H,15,17). The molecule has 2 nitrogen and oxygen atoms in total. The molecule has 0 unspecified atom stereocenters. The third-order valence-electron chi connectivity index (χ3n) is 2.55. The summed E-state index contributed by atoms with van der Waals surface area (Å²) in [5.74, 6) is 0. The van der Waals surface area contributed by atoms with Crippen LogP contribution in [-0.2, 0) is 12.7 Å². The Kier molecular flexibility index (Phi) is 2.99. The number of fused-ring (bicyclic) bond motifs is 1. The molecule has 0 atom stereocenters. The minimum Gasteiger partial charge on any atom is -0.331 e. The number of nitrogens with one attached hydrogen (secondary N) is 1. The highest BCUT2D eigenvalue weighted by molar-refractivity contribution is 7.71. The predicted molar refractivity (Wildman–Crippen MR) is 62.4 cm³/mol. The number of hydrogen-bond acceptors (Lipinski definition) is 1. The Bertz CT molecular complexity index is 595. The summed E-state index contributed by atoms with van der Waals surface area (Å²) in [6.45, 7) is 2.69. The first kappa shape index (κ1) is 12.2. The zero-order valence-corrected chi connectivity index (χ0v) is 9.95. The first-order valence-electron chi connectivity index (χ1n) is 5.23. The summed E-state index contributed by atoms with van der Waals surface area (Å²) >= 11 is 5.08. The average Bonchev–Trinajstić information content (AvgIpc) is 2.54. The lowest BCUT2D eigenvalue weighted by Gasteiger charge is -2.06. The van der Waals surface area contributed by atoms with Crippen LogP contribution in [0, 0.1) is 4.77 Å². The van der Waals surface area contributed by atoms with E-state index in [1.54, 1.807) is 0 Å². The number of aryl methyl sites for hydroxylation is 1. The number of halogens is 3. The van der Waals surface area contributed by atoms with Crippen LogP contribution in [0.1, 0.15) is 18.9 Å². The Morgan fingerprint density at radius 2 is 2.06 bits per heavy atom. The van der Waals surface area contributed by atoms with Gasteiger partial charge in [-0.3, -0.25) is 0 Å². The van der Waals surface area contributed by atoms with Crippen molar-refractivity contribution in [3.05, 3.63) is 28.5 Å². The van der Waals surface area contributed by atoms with E-state index >= 15 is 0 Å². The molecule has 0 aliphatic heterocycles. The lowest BCUT2D eigenvalue weighted by Crippen LogP contribution is -2.04. The molecule has 0 bridgehead atoms. The van der Waals surface area contributed by atoms with Crippen LogP contribution in [0.25, 0.3) is 11.0 Å². The van der Waals surface area contributed by atoms with Gasteiger partial charge in [-0.2, -0.15) is 13.2 Å². The maximum absolute atomic E-state index is 12.5. The first-order valence-corrected chi connectivity index (χ1v) is 5.64. The van der Waals surface area contributed by atoms with Gasteiger partial charge in [0.15, 0.2) is 4.77 Å². The van der Waals surface area contributed by atoms with Crippen molar-refractivity contribution in [2.24, 2.45) is 0 Å². The topological polar surface area (TPSA) is 20.7 Å². The molecule has 92 valence electrons. The minimum absolute atomic E-state index is 0.429. The monoisotopic (exact) mass is 260 g/mol. The molecule has 1 N–H and O–H groups in total. The summed E-state index contributed by atoms with van der Waals surface area (Å²) in [7, 11) is 0. The van der Waals surface area contributed by atoms with E-state index in [4.69, 9.17) is 12.2 Å². The summed E-state index contributed by atoms with van der Waals surface area (Å²) in [5.41, 5.74) is 0.480. The van der Waals surface area contributed by atoms with Crippen molar-refractivity contribution in [3.63, 3.8) is 0 Å². The van der Waals surface area contributed by atoms with Crippen LogP contribution in [0.2, 0.25) is 0 Å². The molecule has 2 rings (SSSR count). The van der Waals surface area contributed by atoms with E-state index in [0.717, 1.165) is 18.6 Å². The summed E-state index contributed by atoms with van der Waals surface area (Å²) < 4.78 is 39.8. The Hall–Kier alpha value is -1.30. The number of nitrogens with zero attached hydrogens (tertiary/aromatic N) is 1. The van der Waals surface area contributed by atoms with E-state index in [9.17, 15) is 13.2 Å². The van der Waals surface area contributed by atoms with Gasteiger partial charge >= 0.3 is 6.18 Å². The highest BCUT2D eigenvalue weighted by Crippen LogP contribution is 2.31. The third kappa shape index (κ3) is 2.22. The fourth-order valence-electron chi connectivity index (χ4n) is 1.79. The molecule has 2 aromatic rings. The van der Waals surface area contributed by atoms with E-state index in [-0.39, 0.29) is 0 Å². The second-order valence-electron chi connectivity index (χ2n) is 3.81. The van der Waals surface area contributed by atoms with Gasteiger partial charge in [-0.25, -0.2) is 0 Å². The first-order chi connectivity index (χ1) is 7.93. The number of benzene rings is 1. The number of alkyl halides is 3. The van der Waals surface area contributed by atoms with Gasteiger partial charge in [0, 0.05) is 6.54 Å². The third-order valence-corrected chi connectivity index (χ3v) is 2.87. The Morgan fingerprint density at radius 1 is 1.35 bits per heavy atom. The average molecular weight is 260 g/mol. The maximum Gasteiger partial charge on any atom is 0.416 e. The number of H-pyrrole nitrogens is 1. The van der Waals surface area contributed by atoms with Gasteiger partial charge in [-0.15, -0.1) is 0 Å². The van der Waals surface area contributed by atoms with E-state index < -0.39 is 11.7 Å². The Labute approximate surface area is 101 Å². The molecule has 1 aromatic carbocycles. The van der Waals surface area contributed by atoms with E-state index in [0.29, 0.717) is 22.3 Å². The number of aromatic nitrogens is 2. The second kappa shape index (κ2) is 4.18. The molecule has 0 aliphatic rings. The molecule has 6 heteroatoms. The molecule has 0 saturated heterocycles. The Balaban J connectivity index is 2.62. The van der Waals surface area contributed by atoms with Crippen LogP contribution in [0.4, 0.5) is 13.2 Å². The smallest absolute Gasteiger partial charge is 0.331 e. The number of rotatable bonds is 2. The highest BCUT2D eigenvalue weighted by Gasteiger charge is 2.30. The van der Waals surface area contributed by atoms with Crippen molar-refractivity contribution in [2.45, 2.75) is 26.1 Å². The molecule has 0 saturated carbocycles. The van der Waals surface area contributed by atoms with Crippen molar-refractivity contribution in [3.8, 4) is 0 Å². The van der Waals surface area contributed by atoms with Crippen LogP contribution in [-0.4, -0.2) is 9.55 Å². The number of aromatic amines is 1. The molecule has 0 aliphatic carbocycles.